The molecular weight excluding hydrogens is 453 g/mol. The summed E-state index contributed by atoms with van der Waals surface area (Å²) in [7, 11) is 3.07. The Bertz CT molecular complexity index is 1520. The highest BCUT2D eigenvalue weighted by Gasteiger charge is 2.34. The Morgan fingerprint density at radius 2 is 1.81 bits per heavy atom. The number of aromatic hydroxyl groups is 1. The second-order valence-electron chi connectivity index (χ2n) is 7.75. The number of aryl methyl sites for hydroxylation is 1. The Morgan fingerprint density at radius 1 is 1.06 bits per heavy atom. The molecular formula is C23H19Cl2N3O4. The minimum atomic E-state index is -0.676. The summed E-state index contributed by atoms with van der Waals surface area (Å²) >= 11 is 12.7. The maximum atomic E-state index is 13.4. The molecule has 1 N–H and O–H groups in total. The average Bonchev–Trinajstić information content (AvgIpc) is 3.12. The average molecular weight is 472 g/mol. The van der Waals surface area contributed by atoms with Gasteiger partial charge in [0.1, 0.15) is 11.9 Å². The van der Waals surface area contributed by atoms with Crippen molar-refractivity contribution in [3.63, 3.8) is 0 Å². The number of ether oxygens (including phenoxy) is 1. The van der Waals surface area contributed by atoms with E-state index >= 15 is 0 Å². The molecule has 5 rings (SSSR count). The van der Waals surface area contributed by atoms with E-state index in [0.717, 1.165) is 4.57 Å². The van der Waals surface area contributed by atoms with Gasteiger partial charge in [0, 0.05) is 36.8 Å². The van der Waals surface area contributed by atoms with Gasteiger partial charge in [-0.15, -0.1) is 0 Å². The fourth-order valence-electron chi connectivity index (χ4n) is 4.49. The van der Waals surface area contributed by atoms with E-state index in [1.807, 2.05) is 4.57 Å². The first kappa shape index (κ1) is 20.9. The molecule has 0 bridgehead atoms. The predicted molar refractivity (Wildman–Crippen MR) is 124 cm³/mol. The highest BCUT2D eigenvalue weighted by Crippen LogP contribution is 2.44. The molecule has 0 amide bonds. The molecule has 4 aromatic rings. The van der Waals surface area contributed by atoms with Crippen molar-refractivity contribution in [3.05, 3.63) is 84.6 Å². The molecule has 1 atom stereocenters. The Labute approximate surface area is 192 Å². The van der Waals surface area contributed by atoms with Gasteiger partial charge in [0.05, 0.1) is 33.9 Å². The molecule has 2 aromatic heterocycles. The summed E-state index contributed by atoms with van der Waals surface area (Å²) in [6, 6.07) is 12.0. The normalized spacial score (nSPS) is 15.8. The minimum Gasteiger partial charge on any atom is -0.508 e. The Hall–Kier alpha value is -3.00. The molecule has 2 aromatic carbocycles. The van der Waals surface area contributed by atoms with Crippen molar-refractivity contribution in [2.75, 3.05) is 6.61 Å². The summed E-state index contributed by atoms with van der Waals surface area (Å²) in [5.41, 5.74) is 1.96. The Balaban J connectivity index is 1.98. The molecule has 0 spiro atoms. The lowest BCUT2D eigenvalue weighted by molar-refractivity contribution is 0.0464. The zero-order valence-electron chi connectivity index (χ0n) is 17.3. The van der Waals surface area contributed by atoms with E-state index in [1.54, 1.807) is 49.5 Å². The van der Waals surface area contributed by atoms with Crippen molar-refractivity contribution >= 4 is 34.1 Å². The van der Waals surface area contributed by atoms with Gasteiger partial charge in [-0.05, 0) is 24.3 Å². The van der Waals surface area contributed by atoms with Crippen LogP contribution < -0.4 is 11.2 Å². The number of nitrogens with zero attached hydrogens (tertiary/aromatic N) is 3. The fourth-order valence-corrected chi connectivity index (χ4v) is 4.99. The Morgan fingerprint density at radius 3 is 2.53 bits per heavy atom. The van der Waals surface area contributed by atoms with E-state index < -0.39 is 17.4 Å². The van der Waals surface area contributed by atoms with Crippen molar-refractivity contribution in [1.82, 2.24) is 13.7 Å². The topological polar surface area (TPSA) is 78.4 Å². The maximum Gasteiger partial charge on any atom is 0.331 e. The third-order valence-electron chi connectivity index (χ3n) is 5.96. The van der Waals surface area contributed by atoms with Gasteiger partial charge in [-0.3, -0.25) is 13.9 Å². The van der Waals surface area contributed by atoms with Crippen molar-refractivity contribution in [2.24, 2.45) is 14.1 Å². The van der Waals surface area contributed by atoms with Crippen molar-refractivity contribution in [2.45, 2.75) is 12.6 Å². The lowest BCUT2D eigenvalue weighted by Gasteiger charge is -2.28. The van der Waals surface area contributed by atoms with Gasteiger partial charge in [0.25, 0.3) is 5.56 Å². The lowest BCUT2D eigenvalue weighted by atomic mass is 10.0. The van der Waals surface area contributed by atoms with E-state index in [0.29, 0.717) is 56.6 Å². The van der Waals surface area contributed by atoms with Gasteiger partial charge in [0.2, 0.25) is 0 Å². The van der Waals surface area contributed by atoms with Crippen LogP contribution in [0, 0.1) is 0 Å². The van der Waals surface area contributed by atoms with Crippen LogP contribution in [0.25, 0.3) is 22.2 Å². The number of hydrogen-bond acceptors (Lipinski definition) is 4. The molecule has 1 aliphatic heterocycles. The molecule has 3 heterocycles. The standard InChI is InChI=1S/C23H19Cl2N3O4/c1-26-19-17(22(30)27(2)23(26)31)18(13-8-7-12(24)11-15(13)25)28-9-10-32-21(20(19)28)14-5-3-4-6-16(14)29/h3-8,11,21,29H,9-10H2,1-2H3. The van der Waals surface area contributed by atoms with Gasteiger partial charge in [0.15, 0.2) is 0 Å². The summed E-state index contributed by atoms with van der Waals surface area (Å²) < 4.78 is 10.6. The number of hydrogen-bond donors (Lipinski definition) is 1. The lowest BCUT2D eigenvalue weighted by Crippen LogP contribution is -2.37. The number of fused-ring (bicyclic) bond motifs is 3. The summed E-state index contributed by atoms with van der Waals surface area (Å²) in [6.45, 7) is 0.791. The van der Waals surface area contributed by atoms with Crippen LogP contribution in [0.1, 0.15) is 17.4 Å². The molecule has 32 heavy (non-hydrogen) atoms. The van der Waals surface area contributed by atoms with Gasteiger partial charge >= 0.3 is 5.69 Å². The second-order valence-corrected chi connectivity index (χ2v) is 8.59. The predicted octanol–water partition coefficient (Wildman–Crippen LogP) is 3.84. The summed E-state index contributed by atoms with van der Waals surface area (Å²) in [5, 5.41) is 11.7. The van der Waals surface area contributed by atoms with E-state index in [1.165, 1.54) is 11.6 Å². The fraction of sp³-hybridized carbons (Fsp3) is 0.217. The number of rotatable bonds is 2. The van der Waals surface area contributed by atoms with Gasteiger partial charge in [-0.2, -0.15) is 0 Å². The third kappa shape index (κ3) is 2.92. The van der Waals surface area contributed by atoms with Crippen LogP contribution in [-0.2, 0) is 25.4 Å². The number of para-hydroxylation sites is 1. The number of aromatic nitrogens is 3. The molecule has 1 unspecified atom stereocenters. The number of halogens is 2. The summed E-state index contributed by atoms with van der Waals surface area (Å²) in [6.07, 6.45) is -0.676. The molecule has 1 aliphatic rings. The largest absolute Gasteiger partial charge is 0.508 e. The van der Waals surface area contributed by atoms with Crippen LogP contribution in [0.5, 0.6) is 5.75 Å². The summed E-state index contributed by atoms with van der Waals surface area (Å²) in [5.74, 6) is 0.0696. The van der Waals surface area contributed by atoms with Crippen molar-refractivity contribution in [3.8, 4) is 17.0 Å². The van der Waals surface area contributed by atoms with E-state index in [9.17, 15) is 14.7 Å². The molecule has 0 saturated heterocycles. The minimum absolute atomic E-state index is 0.0696. The van der Waals surface area contributed by atoms with Gasteiger partial charge in [-0.25, -0.2) is 4.79 Å². The SMILES string of the molecule is Cn1c(=O)c2c(-c3ccc(Cl)cc3Cl)n3c(c2n(C)c1=O)C(c1ccccc1O)OCC3. The number of phenols is 1. The monoisotopic (exact) mass is 471 g/mol. The van der Waals surface area contributed by atoms with Crippen molar-refractivity contribution < 1.29 is 9.84 Å². The second kappa shape index (κ2) is 7.55. The first-order valence-corrected chi connectivity index (χ1v) is 10.7. The molecule has 164 valence electrons. The molecule has 0 radical (unpaired) electrons. The van der Waals surface area contributed by atoms with Gasteiger partial charge < -0.3 is 14.4 Å². The molecule has 0 aliphatic carbocycles. The zero-order chi connectivity index (χ0) is 22.7. The summed E-state index contributed by atoms with van der Waals surface area (Å²) in [4.78, 5) is 26.2. The smallest absolute Gasteiger partial charge is 0.331 e. The highest BCUT2D eigenvalue weighted by molar-refractivity contribution is 6.36. The van der Waals surface area contributed by atoms with Crippen LogP contribution in [0.15, 0.2) is 52.1 Å². The van der Waals surface area contributed by atoms with Crippen LogP contribution in [0.3, 0.4) is 0 Å². The van der Waals surface area contributed by atoms with Crippen LogP contribution >= 0.6 is 23.2 Å². The first-order chi connectivity index (χ1) is 15.3. The third-order valence-corrected chi connectivity index (χ3v) is 6.51. The maximum absolute atomic E-state index is 13.4. The highest BCUT2D eigenvalue weighted by atomic mass is 35.5. The van der Waals surface area contributed by atoms with E-state index in [2.05, 4.69) is 0 Å². The zero-order valence-corrected chi connectivity index (χ0v) is 18.8. The number of phenolic OH excluding ortho intramolecular Hbond substituents is 1. The molecule has 0 fully saturated rings. The molecule has 9 heteroatoms. The Kier molecular flexibility index (Phi) is 4.93. The van der Waals surface area contributed by atoms with Gasteiger partial charge in [-0.1, -0.05) is 41.4 Å². The van der Waals surface area contributed by atoms with Crippen molar-refractivity contribution in [1.29, 1.82) is 0 Å². The van der Waals surface area contributed by atoms with Crippen LogP contribution in [-0.4, -0.2) is 25.4 Å². The molecule has 7 nitrogen and oxygen atoms in total. The number of benzene rings is 2. The van der Waals surface area contributed by atoms with E-state index in [-0.39, 0.29) is 5.75 Å². The first-order valence-electron chi connectivity index (χ1n) is 9.98. The van der Waals surface area contributed by atoms with E-state index in [4.69, 9.17) is 27.9 Å². The quantitative estimate of drug-likeness (QED) is 0.481. The van der Waals surface area contributed by atoms with Crippen LogP contribution in [0.2, 0.25) is 10.0 Å². The molecule has 0 saturated carbocycles. The van der Waals surface area contributed by atoms with Crippen LogP contribution in [0.4, 0.5) is 0 Å².